The lowest BCUT2D eigenvalue weighted by Gasteiger charge is -2.07. The summed E-state index contributed by atoms with van der Waals surface area (Å²) in [5.74, 6) is 0.675. The fourth-order valence-electron chi connectivity index (χ4n) is 3.28. The van der Waals surface area contributed by atoms with Crippen LogP contribution < -0.4 is 10.1 Å². The van der Waals surface area contributed by atoms with Gasteiger partial charge in [-0.1, -0.05) is 58.4 Å². The first-order valence-electron chi connectivity index (χ1n) is 9.96. The Balaban J connectivity index is 1.55. The van der Waals surface area contributed by atoms with E-state index in [1.165, 1.54) is 0 Å². The van der Waals surface area contributed by atoms with Crippen molar-refractivity contribution in [1.29, 1.82) is 0 Å². The van der Waals surface area contributed by atoms with Crippen LogP contribution in [0.2, 0.25) is 0 Å². The lowest BCUT2D eigenvalue weighted by atomic mass is 10.1. The Hall–Kier alpha value is -3.38. The molecule has 0 bridgehead atoms. The van der Waals surface area contributed by atoms with Crippen molar-refractivity contribution in [2.75, 3.05) is 13.7 Å². The van der Waals surface area contributed by atoms with Crippen molar-refractivity contribution >= 4 is 21.8 Å². The van der Waals surface area contributed by atoms with E-state index in [1.807, 2.05) is 78.9 Å². The molecule has 0 saturated heterocycles. The van der Waals surface area contributed by atoms with Crippen molar-refractivity contribution in [2.45, 2.75) is 6.42 Å². The summed E-state index contributed by atoms with van der Waals surface area (Å²) in [7, 11) is 1.65. The monoisotopic (exact) mass is 475 g/mol. The first-order chi connectivity index (χ1) is 15.1. The summed E-state index contributed by atoms with van der Waals surface area (Å²) < 4.78 is 7.91. The molecule has 31 heavy (non-hydrogen) atoms. The first kappa shape index (κ1) is 20.9. The number of benzene rings is 3. The molecule has 1 aromatic heterocycles. The molecule has 4 rings (SSSR count). The quantitative estimate of drug-likeness (QED) is 0.395. The SMILES string of the molecule is COc1ccc(CCNC(=O)c2cn(-c3ccccc3)nc2-c2ccc(Br)cc2)cc1. The van der Waals surface area contributed by atoms with Gasteiger partial charge in [-0.15, -0.1) is 0 Å². The number of methoxy groups -OCH3 is 1. The average molecular weight is 476 g/mol. The van der Waals surface area contributed by atoms with Crippen molar-refractivity contribution < 1.29 is 9.53 Å². The van der Waals surface area contributed by atoms with E-state index in [9.17, 15) is 4.79 Å². The molecule has 5 nitrogen and oxygen atoms in total. The third kappa shape index (κ3) is 5.03. The van der Waals surface area contributed by atoms with E-state index in [0.29, 0.717) is 17.8 Å². The number of nitrogens with one attached hydrogen (secondary N) is 1. The van der Waals surface area contributed by atoms with Crippen molar-refractivity contribution in [2.24, 2.45) is 0 Å². The molecule has 0 saturated carbocycles. The Kier molecular flexibility index (Phi) is 6.48. The van der Waals surface area contributed by atoms with Crippen LogP contribution in [0.3, 0.4) is 0 Å². The Labute approximate surface area is 189 Å². The molecule has 6 heteroatoms. The molecule has 4 aromatic rings. The van der Waals surface area contributed by atoms with Crippen LogP contribution in [0.15, 0.2) is 89.5 Å². The molecule has 0 fully saturated rings. The number of nitrogens with zero attached hydrogens (tertiary/aromatic N) is 2. The lowest BCUT2D eigenvalue weighted by molar-refractivity contribution is 0.0954. The summed E-state index contributed by atoms with van der Waals surface area (Å²) in [6.07, 6.45) is 2.52. The second-order valence-electron chi connectivity index (χ2n) is 7.03. The van der Waals surface area contributed by atoms with Gasteiger partial charge in [-0.2, -0.15) is 5.10 Å². The van der Waals surface area contributed by atoms with Crippen LogP contribution >= 0.6 is 15.9 Å². The maximum Gasteiger partial charge on any atom is 0.255 e. The molecule has 0 atom stereocenters. The van der Waals surface area contributed by atoms with Gasteiger partial charge in [0.15, 0.2) is 0 Å². The minimum atomic E-state index is -0.145. The van der Waals surface area contributed by atoms with E-state index in [0.717, 1.165) is 33.5 Å². The molecule has 0 spiro atoms. The summed E-state index contributed by atoms with van der Waals surface area (Å²) in [6.45, 7) is 0.529. The first-order valence-corrected chi connectivity index (χ1v) is 10.8. The fourth-order valence-corrected chi connectivity index (χ4v) is 3.55. The highest BCUT2D eigenvalue weighted by Crippen LogP contribution is 2.25. The van der Waals surface area contributed by atoms with Gasteiger partial charge in [0.1, 0.15) is 11.4 Å². The molecule has 0 unspecified atom stereocenters. The Morgan fingerprint density at radius 1 is 1.00 bits per heavy atom. The Morgan fingerprint density at radius 3 is 2.39 bits per heavy atom. The summed E-state index contributed by atoms with van der Waals surface area (Å²) in [4.78, 5) is 13.0. The zero-order valence-corrected chi connectivity index (χ0v) is 18.7. The Bertz CT molecular complexity index is 1150. The topological polar surface area (TPSA) is 56.1 Å². The number of hydrogen-bond donors (Lipinski definition) is 1. The van der Waals surface area contributed by atoms with E-state index < -0.39 is 0 Å². The van der Waals surface area contributed by atoms with Gasteiger partial charge < -0.3 is 10.1 Å². The summed E-state index contributed by atoms with van der Waals surface area (Å²) in [5, 5.41) is 7.74. The molecular formula is C25H22BrN3O2. The van der Waals surface area contributed by atoms with E-state index in [2.05, 4.69) is 21.2 Å². The number of para-hydroxylation sites is 1. The van der Waals surface area contributed by atoms with Crippen molar-refractivity contribution in [3.63, 3.8) is 0 Å². The van der Waals surface area contributed by atoms with Crippen LogP contribution in [0.1, 0.15) is 15.9 Å². The zero-order chi connectivity index (χ0) is 21.6. The number of amides is 1. The summed E-state index contributed by atoms with van der Waals surface area (Å²) in [5.41, 5.74) is 4.12. The van der Waals surface area contributed by atoms with Crippen LogP contribution in [0.25, 0.3) is 16.9 Å². The maximum absolute atomic E-state index is 13.0. The van der Waals surface area contributed by atoms with E-state index >= 15 is 0 Å². The van der Waals surface area contributed by atoms with E-state index in [1.54, 1.807) is 18.0 Å². The number of carbonyl (C=O) groups excluding carboxylic acids is 1. The molecule has 0 radical (unpaired) electrons. The van der Waals surface area contributed by atoms with Crippen LogP contribution in [0, 0.1) is 0 Å². The number of halogens is 1. The van der Waals surface area contributed by atoms with Crippen molar-refractivity contribution in [3.8, 4) is 22.7 Å². The summed E-state index contributed by atoms with van der Waals surface area (Å²) >= 11 is 3.46. The van der Waals surface area contributed by atoms with E-state index in [-0.39, 0.29) is 5.91 Å². The molecule has 0 aliphatic heterocycles. The molecule has 0 aliphatic rings. The van der Waals surface area contributed by atoms with Gasteiger partial charge in [0.2, 0.25) is 0 Å². The highest BCUT2D eigenvalue weighted by molar-refractivity contribution is 9.10. The molecule has 1 amide bonds. The van der Waals surface area contributed by atoms with Gasteiger partial charge in [0.05, 0.1) is 18.4 Å². The zero-order valence-electron chi connectivity index (χ0n) is 17.1. The highest BCUT2D eigenvalue weighted by atomic mass is 79.9. The largest absolute Gasteiger partial charge is 0.497 e. The van der Waals surface area contributed by atoms with Gasteiger partial charge in [0, 0.05) is 22.8 Å². The molecule has 0 aliphatic carbocycles. The van der Waals surface area contributed by atoms with Gasteiger partial charge in [-0.3, -0.25) is 4.79 Å². The van der Waals surface area contributed by atoms with E-state index in [4.69, 9.17) is 9.84 Å². The van der Waals surface area contributed by atoms with Gasteiger partial charge in [-0.05, 0) is 48.4 Å². The predicted octanol–water partition coefficient (Wildman–Crippen LogP) is 5.28. The van der Waals surface area contributed by atoms with Gasteiger partial charge in [-0.25, -0.2) is 4.68 Å². The molecule has 156 valence electrons. The van der Waals surface area contributed by atoms with Crippen LogP contribution in [0.5, 0.6) is 5.75 Å². The second-order valence-corrected chi connectivity index (χ2v) is 7.95. The molecular weight excluding hydrogens is 454 g/mol. The third-order valence-electron chi connectivity index (χ3n) is 4.96. The smallest absolute Gasteiger partial charge is 0.255 e. The van der Waals surface area contributed by atoms with Crippen molar-refractivity contribution in [1.82, 2.24) is 15.1 Å². The third-order valence-corrected chi connectivity index (χ3v) is 5.48. The number of aromatic nitrogens is 2. The number of carbonyl (C=O) groups is 1. The fraction of sp³-hybridized carbons (Fsp3) is 0.120. The maximum atomic E-state index is 13.0. The second kappa shape index (κ2) is 9.62. The lowest BCUT2D eigenvalue weighted by Crippen LogP contribution is -2.25. The van der Waals surface area contributed by atoms with Crippen LogP contribution in [-0.4, -0.2) is 29.3 Å². The van der Waals surface area contributed by atoms with Gasteiger partial charge >= 0.3 is 0 Å². The van der Waals surface area contributed by atoms with Crippen LogP contribution in [-0.2, 0) is 6.42 Å². The normalized spacial score (nSPS) is 10.6. The number of rotatable bonds is 7. The highest BCUT2D eigenvalue weighted by Gasteiger charge is 2.18. The minimum Gasteiger partial charge on any atom is -0.497 e. The predicted molar refractivity (Wildman–Crippen MR) is 126 cm³/mol. The number of ether oxygens (including phenoxy) is 1. The Morgan fingerprint density at radius 2 is 1.71 bits per heavy atom. The minimum absolute atomic E-state index is 0.145. The summed E-state index contributed by atoms with van der Waals surface area (Å²) in [6, 6.07) is 25.4. The van der Waals surface area contributed by atoms with Crippen LogP contribution in [0.4, 0.5) is 0 Å². The average Bonchev–Trinajstić information content (AvgIpc) is 3.26. The number of hydrogen-bond acceptors (Lipinski definition) is 3. The molecule has 3 aromatic carbocycles. The van der Waals surface area contributed by atoms with Gasteiger partial charge in [0.25, 0.3) is 5.91 Å². The standard InChI is InChI=1S/C25H22BrN3O2/c1-31-22-13-7-18(8-14-22)15-16-27-25(30)23-17-29(21-5-3-2-4-6-21)28-24(23)19-9-11-20(26)12-10-19/h2-14,17H,15-16H2,1H3,(H,27,30). The molecule has 1 heterocycles. The van der Waals surface area contributed by atoms with Crippen molar-refractivity contribution in [3.05, 3.63) is 101 Å². The molecule has 1 N–H and O–H groups in total.